The van der Waals surface area contributed by atoms with Crippen molar-refractivity contribution in [1.82, 2.24) is 20.3 Å². The Labute approximate surface area is 153 Å². The normalized spacial score (nSPS) is 18.8. The zero-order valence-electron chi connectivity index (χ0n) is 14.5. The van der Waals surface area contributed by atoms with Gasteiger partial charge in [0, 0.05) is 0 Å². The molecule has 0 radical (unpaired) electrons. The molecule has 2 atom stereocenters. The van der Waals surface area contributed by atoms with Crippen molar-refractivity contribution in [2.45, 2.75) is 18.4 Å². The summed E-state index contributed by atoms with van der Waals surface area (Å²) in [6, 6.07) is 4.12. The second kappa shape index (κ2) is 7.02. The van der Waals surface area contributed by atoms with Gasteiger partial charge in [-0.1, -0.05) is 16.4 Å². The van der Waals surface area contributed by atoms with Gasteiger partial charge in [0.2, 0.25) is 5.91 Å². The monoisotopic (exact) mass is 376 g/mol. The van der Waals surface area contributed by atoms with Crippen molar-refractivity contribution in [3.8, 4) is 5.69 Å². The Bertz CT molecular complexity index is 914. The summed E-state index contributed by atoms with van der Waals surface area (Å²) in [6.07, 6.45) is 1.27. The van der Waals surface area contributed by atoms with Crippen molar-refractivity contribution in [3.63, 3.8) is 0 Å². The first kappa shape index (κ1) is 18.3. The van der Waals surface area contributed by atoms with Gasteiger partial charge in [0.05, 0.1) is 19.0 Å². The fraction of sp³-hybridized carbons (Fsp3) is 0.312. The zero-order valence-corrected chi connectivity index (χ0v) is 14.5. The number of aromatic nitrogens is 3. The Morgan fingerprint density at radius 1 is 1.59 bits per heavy atom. The molecule has 0 bridgehead atoms. The molecule has 11 heteroatoms. The molecule has 2 amide bonds. The van der Waals surface area contributed by atoms with Crippen LogP contribution in [0.4, 0.5) is 9.18 Å². The van der Waals surface area contributed by atoms with Crippen LogP contribution in [0, 0.1) is 5.82 Å². The van der Waals surface area contributed by atoms with E-state index in [9.17, 15) is 14.0 Å². The van der Waals surface area contributed by atoms with E-state index in [1.807, 2.05) is 0 Å². The van der Waals surface area contributed by atoms with Crippen molar-refractivity contribution in [1.29, 1.82) is 0 Å². The van der Waals surface area contributed by atoms with E-state index in [0.29, 0.717) is 5.69 Å². The third-order valence-electron chi connectivity index (χ3n) is 4.43. The molecule has 1 aromatic heterocycles. The van der Waals surface area contributed by atoms with Gasteiger partial charge in [-0.2, -0.15) is 0 Å². The standard InChI is InChI=1S/C16H17FN6O4/c1-16(14(18)24,13-7-19-15(25)27-13)9-3-4-12(11(17)5-9)23-8-10(21-22-23)6-20-26-2/h3-6,8,13H,7H2,1-2H3,(H2,18,24)(H,19,25). The number of hydrogen-bond donors (Lipinski definition) is 2. The first-order valence-electron chi connectivity index (χ1n) is 7.90. The highest BCUT2D eigenvalue weighted by molar-refractivity contribution is 5.88. The maximum atomic E-state index is 14.7. The molecule has 1 saturated heterocycles. The molecule has 2 aromatic rings. The number of oxime groups is 1. The molecule has 3 N–H and O–H groups in total. The first-order valence-corrected chi connectivity index (χ1v) is 7.90. The van der Waals surface area contributed by atoms with E-state index >= 15 is 0 Å². The Morgan fingerprint density at radius 2 is 2.37 bits per heavy atom. The van der Waals surface area contributed by atoms with Crippen LogP contribution in [0.3, 0.4) is 0 Å². The van der Waals surface area contributed by atoms with Crippen LogP contribution in [0.15, 0.2) is 29.6 Å². The lowest BCUT2D eigenvalue weighted by molar-refractivity contribution is -0.126. The SMILES string of the molecule is CON=Cc1cn(-c2ccc(C(C)(C(N)=O)C3CNC(=O)O3)cc2F)nn1. The molecule has 3 rings (SSSR count). The van der Waals surface area contributed by atoms with Crippen molar-refractivity contribution < 1.29 is 23.6 Å². The highest BCUT2D eigenvalue weighted by atomic mass is 19.1. The summed E-state index contributed by atoms with van der Waals surface area (Å²) < 4.78 is 21.1. The number of nitrogens with one attached hydrogen (secondary N) is 1. The average molecular weight is 376 g/mol. The van der Waals surface area contributed by atoms with E-state index < -0.39 is 29.3 Å². The Hall–Kier alpha value is -3.50. The van der Waals surface area contributed by atoms with Gasteiger partial charge < -0.3 is 20.6 Å². The summed E-state index contributed by atoms with van der Waals surface area (Å²) in [5.74, 6) is -1.40. The van der Waals surface area contributed by atoms with Gasteiger partial charge >= 0.3 is 6.09 Å². The molecule has 1 fully saturated rings. The smallest absolute Gasteiger partial charge is 0.407 e. The van der Waals surface area contributed by atoms with E-state index in [1.54, 1.807) is 0 Å². The molecule has 1 aliphatic rings. The molecular formula is C16H17FN6O4. The van der Waals surface area contributed by atoms with Crippen LogP contribution in [0.5, 0.6) is 0 Å². The summed E-state index contributed by atoms with van der Waals surface area (Å²) in [7, 11) is 1.38. The first-order chi connectivity index (χ1) is 12.9. The van der Waals surface area contributed by atoms with E-state index in [1.165, 1.54) is 43.3 Å². The van der Waals surface area contributed by atoms with Gasteiger partial charge in [-0.05, 0) is 24.6 Å². The second-order valence-electron chi connectivity index (χ2n) is 6.01. The maximum Gasteiger partial charge on any atom is 0.407 e. The minimum atomic E-state index is -1.41. The topological polar surface area (TPSA) is 134 Å². The molecule has 0 aliphatic carbocycles. The highest BCUT2D eigenvalue weighted by Gasteiger charge is 2.47. The molecule has 2 heterocycles. The average Bonchev–Trinajstić information content (AvgIpc) is 3.28. The molecule has 0 saturated carbocycles. The Kier molecular flexibility index (Phi) is 4.75. The predicted octanol–water partition coefficient (Wildman–Crippen LogP) is 0.238. The summed E-state index contributed by atoms with van der Waals surface area (Å²) in [5, 5.41) is 13.7. The zero-order chi connectivity index (χ0) is 19.6. The number of cyclic esters (lactones) is 1. The van der Waals surface area contributed by atoms with Crippen LogP contribution in [0.2, 0.25) is 0 Å². The van der Waals surface area contributed by atoms with E-state index in [2.05, 4.69) is 25.6 Å². The fourth-order valence-corrected chi connectivity index (χ4v) is 2.77. The van der Waals surface area contributed by atoms with Crippen LogP contribution < -0.4 is 11.1 Å². The van der Waals surface area contributed by atoms with Gasteiger partial charge in [0.15, 0.2) is 0 Å². The van der Waals surface area contributed by atoms with Crippen LogP contribution in [-0.2, 0) is 19.8 Å². The van der Waals surface area contributed by atoms with E-state index in [4.69, 9.17) is 10.5 Å². The quantitative estimate of drug-likeness (QED) is 0.548. The van der Waals surface area contributed by atoms with Gasteiger partial charge in [0.1, 0.15) is 35.8 Å². The van der Waals surface area contributed by atoms with Gasteiger partial charge in [-0.3, -0.25) is 4.79 Å². The number of nitrogens with zero attached hydrogens (tertiary/aromatic N) is 4. The number of rotatable bonds is 6. The third kappa shape index (κ3) is 3.30. The van der Waals surface area contributed by atoms with Gasteiger partial charge in [-0.15, -0.1) is 5.10 Å². The minimum absolute atomic E-state index is 0.0902. The number of primary amides is 1. The number of nitrogens with two attached hydrogens (primary N) is 1. The molecule has 1 aromatic carbocycles. The lowest BCUT2D eigenvalue weighted by Crippen LogP contribution is -2.49. The summed E-state index contributed by atoms with van der Waals surface area (Å²) in [6.45, 7) is 1.59. The predicted molar refractivity (Wildman–Crippen MR) is 90.7 cm³/mol. The number of benzene rings is 1. The number of hydrogen-bond acceptors (Lipinski definition) is 7. The summed E-state index contributed by atoms with van der Waals surface area (Å²) in [5.41, 5.74) is 4.89. The van der Waals surface area contributed by atoms with Crippen molar-refractivity contribution in [2.24, 2.45) is 10.9 Å². The number of ether oxygens (including phenoxy) is 1. The van der Waals surface area contributed by atoms with Crippen LogP contribution in [-0.4, -0.2) is 53.0 Å². The van der Waals surface area contributed by atoms with Gasteiger partial charge in [-0.25, -0.2) is 13.9 Å². The Morgan fingerprint density at radius 3 is 2.96 bits per heavy atom. The lowest BCUT2D eigenvalue weighted by Gasteiger charge is -2.31. The van der Waals surface area contributed by atoms with Crippen LogP contribution in [0.25, 0.3) is 5.69 Å². The lowest BCUT2D eigenvalue weighted by atomic mass is 9.76. The van der Waals surface area contributed by atoms with Crippen molar-refractivity contribution >= 4 is 18.2 Å². The molecule has 1 aliphatic heterocycles. The van der Waals surface area contributed by atoms with E-state index in [-0.39, 0.29) is 17.8 Å². The van der Waals surface area contributed by atoms with Crippen LogP contribution in [0.1, 0.15) is 18.2 Å². The second-order valence-corrected chi connectivity index (χ2v) is 6.01. The fourth-order valence-electron chi connectivity index (χ4n) is 2.77. The minimum Gasteiger partial charge on any atom is -0.443 e. The summed E-state index contributed by atoms with van der Waals surface area (Å²) in [4.78, 5) is 28.0. The number of carbonyl (C=O) groups is 2. The molecule has 10 nitrogen and oxygen atoms in total. The van der Waals surface area contributed by atoms with Gasteiger partial charge in [0.25, 0.3) is 0 Å². The van der Waals surface area contributed by atoms with E-state index in [0.717, 1.165) is 6.07 Å². The highest BCUT2D eigenvalue weighted by Crippen LogP contribution is 2.32. The Balaban J connectivity index is 1.95. The van der Waals surface area contributed by atoms with Crippen molar-refractivity contribution in [3.05, 3.63) is 41.5 Å². The molecule has 2 unspecified atom stereocenters. The van der Waals surface area contributed by atoms with Crippen molar-refractivity contribution in [2.75, 3.05) is 13.7 Å². The molecular weight excluding hydrogens is 359 g/mol. The third-order valence-corrected chi connectivity index (χ3v) is 4.43. The molecule has 142 valence electrons. The number of alkyl carbamates (subject to hydrolysis) is 1. The molecule has 0 spiro atoms. The molecule has 27 heavy (non-hydrogen) atoms. The largest absolute Gasteiger partial charge is 0.443 e. The number of amides is 2. The number of carbonyl (C=O) groups excluding carboxylic acids is 2. The summed E-state index contributed by atoms with van der Waals surface area (Å²) >= 11 is 0. The maximum absolute atomic E-state index is 14.7. The number of halogens is 1. The van der Waals surface area contributed by atoms with Crippen LogP contribution >= 0.6 is 0 Å².